The molecule has 1 N–H and O–H groups in total. The summed E-state index contributed by atoms with van der Waals surface area (Å²) in [5.41, 5.74) is 1.25. The highest BCUT2D eigenvalue weighted by molar-refractivity contribution is 9.10. The Balaban J connectivity index is 1.92. The number of ether oxygens (including phenoxy) is 1. The van der Waals surface area contributed by atoms with Crippen LogP contribution in [0.3, 0.4) is 0 Å². The normalized spacial score (nSPS) is 20.5. The van der Waals surface area contributed by atoms with E-state index < -0.39 is 0 Å². The van der Waals surface area contributed by atoms with Gasteiger partial charge < -0.3 is 10.1 Å². The summed E-state index contributed by atoms with van der Waals surface area (Å²) >= 11 is 3.52. The van der Waals surface area contributed by atoms with E-state index in [0.29, 0.717) is 5.92 Å². The van der Waals surface area contributed by atoms with Gasteiger partial charge in [0.05, 0.1) is 11.1 Å². The van der Waals surface area contributed by atoms with Crippen molar-refractivity contribution in [3.63, 3.8) is 0 Å². The van der Waals surface area contributed by atoms with E-state index in [1.807, 2.05) is 6.07 Å². The van der Waals surface area contributed by atoms with Gasteiger partial charge in [-0.3, -0.25) is 0 Å². The van der Waals surface area contributed by atoms with E-state index in [0.717, 1.165) is 29.9 Å². The topological polar surface area (TPSA) is 21.3 Å². The van der Waals surface area contributed by atoms with Crippen LogP contribution >= 0.6 is 15.9 Å². The summed E-state index contributed by atoms with van der Waals surface area (Å²) in [7, 11) is 0. The minimum absolute atomic E-state index is 0.665. The molecule has 0 radical (unpaired) electrons. The molecule has 15 heavy (non-hydrogen) atoms. The van der Waals surface area contributed by atoms with Crippen LogP contribution in [0, 0.1) is 12.8 Å². The van der Waals surface area contributed by atoms with Crippen molar-refractivity contribution in [1.82, 2.24) is 5.32 Å². The molecule has 0 aliphatic carbocycles. The molecule has 0 aromatic heterocycles. The fourth-order valence-electron chi connectivity index (χ4n) is 1.79. The first-order valence-electron chi connectivity index (χ1n) is 5.35. The standard InChI is InChI=1S/C12H16BrNO/c1-9-2-3-12(11(13)6-9)15-8-10-4-5-14-7-10/h2-3,6,10,14H,4-5,7-8H2,1H3/t10-/m0/s1. The van der Waals surface area contributed by atoms with Crippen LogP contribution in [0.5, 0.6) is 5.75 Å². The number of nitrogens with one attached hydrogen (secondary N) is 1. The van der Waals surface area contributed by atoms with Crippen molar-refractivity contribution in [3.05, 3.63) is 28.2 Å². The van der Waals surface area contributed by atoms with E-state index in [2.05, 4.69) is 40.3 Å². The Labute approximate surface area is 99.1 Å². The fraction of sp³-hybridized carbons (Fsp3) is 0.500. The molecule has 1 aliphatic rings. The number of aryl methyl sites for hydroxylation is 1. The van der Waals surface area contributed by atoms with Gasteiger partial charge in [-0.2, -0.15) is 0 Å². The van der Waals surface area contributed by atoms with Crippen molar-refractivity contribution < 1.29 is 4.74 Å². The Morgan fingerprint density at radius 1 is 1.53 bits per heavy atom. The summed E-state index contributed by atoms with van der Waals surface area (Å²) in [5, 5.41) is 3.34. The third-order valence-electron chi connectivity index (χ3n) is 2.72. The largest absolute Gasteiger partial charge is 0.492 e. The second-order valence-corrected chi connectivity index (χ2v) is 4.96. The lowest BCUT2D eigenvalue weighted by molar-refractivity contribution is 0.258. The molecular formula is C12H16BrNO. The van der Waals surface area contributed by atoms with Gasteiger partial charge >= 0.3 is 0 Å². The van der Waals surface area contributed by atoms with Gasteiger partial charge in [0.25, 0.3) is 0 Å². The molecule has 1 fully saturated rings. The van der Waals surface area contributed by atoms with Crippen molar-refractivity contribution in [1.29, 1.82) is 0 Å². The van der Waals surface area contributed by atoms with E-state index in [1.54, 1.807) is 0 Å². The Morgan fingerprint density at radius 2 is 2.40 bits per heavy atom. The van der Waals surface area contributed by atoms with Gasteiger partial charge in [0.2, 0.25) is 0 Å². The minimum Gasteiger partial charge on any atom is -0.492 e. The Bertz CT molecular complexity index is 334. The second-order valence-electron chi connectivity index (χ2n) is 4.10. The van der Waals surface area contributed by atoms with E-state index >= 15 is 0 Å². The van der Waals surface area contributed by atoms with Crippen LogP contribution in [0.25, 0.3) is 0 Å². The summed E-state index contributed by atoms with van der Waals surface area (Å²) in [6.07, 6.45) is 1.23. The van der Waals surface area contributed by atoms with Crippen LogP contribution in [0.1, 0.15) is 12.0 Å². The molecule has 1 heterocycles. The zero-order valence-corrected chi connectivity index (χ0v) is 10.5. The van der Waals surface area contributed by atoms with Crippen LogP contribution in [0.2, 0.25) is 0 Å². The van der Waals surface area contributed by atoms with E-state index in [1.165, 1.54) is 12.0 Å². The minimum atomic E-state index is 0.665. The first kappa shape index (κ1) is 11.0. The lowest BCUT2D eigenvalue weighted by atomic mass is 10.1. The van der Waals surface area contributed by atoms with Gasteiger partial charge in [-0.1, -0.05) is 6.07 Å². The molecule has 0 spiro atoms. The molecule has 0 amide bonds. The molecule has 2 rings (SSSR count). The molecule has 0 bridgehead atoms. The molecule has 0 saturated carbocycles. The van der Waals surface area contributed by atoms with Crippen molar-refractivity contribution in [2.24, 2.45) is 5.92 Å². The van der Waals surface area contributed by atoms with Crippen LogP contribution in [0.15, 0.2) is 22.7 Å². The van der Waals surface area contributed by atoms with Crippen molar-refractivity contribution in [3.8, 4) is 5.75 Å². The first-order chi connectivity index (χ1) is 7.25. The van der Waals surface area contributed by atoms with Crippen LogP contribution < -0.4 is 10.1 Å². The van der Waals surface area contributed by atoms with Gasteiger partial charge in [0.15, 0.2) is 0 Å². The summed E-state index contributed by atoms with van der Waals surface area (Å²) in [5.74, 6) is 1.62. The molecule has 1 aromatic rings. The highest BCUT2D eigenvalue weighted by atomic mass is 79.9. The SMILES string of the molecule is Cc1ccc(OC[C@H]2CCNC2)c(Br)c1. The predicted molar refractivity (Wildman–Crippen MR) is 65.4 cm³/mol. The van der Waals surface area contributed by atoms with E-state index in [4.69, 9.17) is 4.74 Å². The van der Waals surface area contributed by atoms with Gasteiger partial charge in [-0.25, -0.2) is 0 Å². The van der Waals surface area contributed by atoms with Crippen LogP contribution in [-0.2, 0) is 0 Å². The predicted octanol–water partition coefficient (Wildman–Crippen LogP) is 2.75. The molecule has 1 atom stereocenters. The summed E-state index contributed by atoms with van der Waals surface area (Å²) in [4.78, 5) is 0. The molecule has 82 valence electrons. The molecule has 1 aliphatic heterocycles. The molecule has 0 unspecified atom stereocenters. The van der Waals surface area contributed by atoms with Crippen molar-refractivity contribution >= 4 is 15.9 Å². The Kier molecular flexibility index (Phi) is 3.65. The fourth-order valence-corrected chi connectivity index (χ4v) is 2.39. The molecule has 1 saturated heterocycles. The third kappa shape index (κ3) is 2.95. The number of halogens is 1. The maximum absolute atomic E-state index is 5.79. The summed E-state index contributed by atoms with van der Waals surface area (Å²) in [6.45, 7) is 5.11. The number of rotatable bonds is 3. The highest BCUT2D eigenvalue weighted by Crippen LogP contribution is 2.26. The van der Waals surface area contributed by atoms with E-state index in [9.17, 15) is 0 Å². The Morgan fingerprint density at radius 3 is 3.07 bits per heavy atom. The molecule has 2 nitrogen and oxygen atoms in total. The molecular weight excluding hydrogens is 254 g/mol. The van der Waals surface area contributed by atoms with Gasteiger partial charge in [0.1, 0.15) is 5.75 Å². The summed E-state index contributed by atoms with van der Waals surface area (Å²) in [6, 6.07) is 6.19. The lowest BCUT2D eigenvalue weighted by Crippen LogP contribution is -2.15. The summed E-state index contributed by atoms with van der Waals surface area (Å²) < 4.78 is 6.84. The molecule has 1 aromatic carbocycles. The quantitative estimate of drug-likeness (QED) is 0.911. The smallest absolute Gasteiger partial charge is 0.133 e. The Hall–Kier alpha value is -0.540. The zero-order valence-electron chi connectivity index (χ0n) is 8.92. The molecule has 3 heteroatoms. The van der Waals surface area contributed by atoms with Gasteiger partial charge in [0, 0.05) is 12.5 Å². The van der Waals surface area contributed by atoms with Crippen LogP contribution in [0.4, 0.5) is 0 Å². The number of benzene rings is 1. The zero-order chi connectivity index (χ0) is 10.7. The highest BCUT2D eigenvalue weighted by Gasteiger charge is 2.15. The van der Waals surface area contributed by atoms with E-state index in [-0.39, 0.29) is 0 Å². The monoisotopic (exact) mass is 269 g/mol. The number of hydrogen-bond acceptors (Lipinski definition) is 2. The lowest BCUT2D eigenvalue weighted by Gasteiger charge is -2.12. The van der Waals surface area contributed by atoms with Gasteiger partial charge in [-0.05, 0) is 53.5 Å². The average Bonchev–Trinajstić information content (AvgIpc) is 2.69. The third-order valence-corrected chi connectivity index (χ3v) is 3.34. The second kappa shape index (κ2) is 4.99. The number of hydrogen-bond donors (Lipinski definition) is 1. The van der Waals surface area contributed by atoms with Crippen molar-refractivity contribution in [2.45, 2.75) is 13.3 Å². The van der Waals surface area contributed by atoms with Gasteiger partial charge in [-0.15, -0.1) is 0 Å². The maximum Gasteiger partial charge on any atom is 0.133 e. The average molecular weight is 270 g/mol. The van der Waals surface area contributed by atoms with Crippen molar-refractivity contribution in [2.75, 3.05) is 19.7 Å². The van der Waals surface area contributed by atoms with Crippen LogP contribution in [-0.4, -0.2) is 19.7 Å². The first-order valence-corrected chi connectivity index (χ1v) is 6.14. The maximum atomic E-state index is 5.79.